The van der Waals surface area contributed by atoms with Gasteiger partial charge in [-0.15, -0.1) is 0 Å². The van der Waals surface area contributed by atoms with E-state index in [0.29, 0.717) is 22.6 Å². The number of hydrogen-bond acceptors (Lipinski definition) is 4. The first kappa shape index (κ1) is 19.4. The van der Waals surface area contributed by atoms with E-state index in [-0.39, 0.29) is 17.4 Å². The average molecular weight is 412 g/mol. The maximum atomic E-state index is 13.1. The number of ether oxygens (including phenoxy) is 1. The van der Waals surface area contributed by atoms with Crippen molar-refractivity contribution < 1.29 is 22.7 Å². The molecule has 4 aromatic rings. The molecule has 0 N–H and O–H groups in total. The van der Waals surface area contributed by atoms with E-state index in [1.165, 1.54) is 47.5 Å². The van der Waals surface area contributed by atoms with Crippen LogP contribution in [-0.4, -0.2) is 33.9 Å². The number of carbonyl (C=O) groups excluding carboxylic acids is 1. The number of rotatable bonds is 5. The van der Waals surface area contributed by atoms with Gasteiger partial charge in [-0.25, -0.2) is 14.4 Å². The van der Waals surface area contributed by atoms with Crippen molar-refractivity contribution in [2.24, 2.45) is 0 Å². The fraction of sp³-hybridized carbons (Fsp3) is 0.0952. The molecule has 30 heavy (non-hydrogen) atoms. The highest BCUT2D eigenvalue weighted by atomic mass is 19.3. The van der Waals surface area contributed by atoms with E-state index < -0.39 is 12.4 Å². The van der Waals surface area contributed by atoms with Gasteiger partial charge in [0.2, 0.25) is 0 Å². The normalized spacial score (nSPS) is 11.1. The van der Waals surface area contributed by atoms with Gasteiger partial charge in [-0.05, 0) is 48.5 Å². The van der Waals surface area contributed by atoms with Gasteiger partial charge in [0.15, 0.2) is 5.65 Å². The molecule has 2 aromatic heterocycles. The molecule has 4 rings (SSSR count). The van der Waals surface area contributed by atoms with Crippen molar-refractivity contribution in [3.05, 3.63) is 78.6 Å². The third-order valence-electron chi connectivity index (χ3n) is 4.51. The highest BCUT2D eigenvalue weighted by Crippen LogP contribution is 2.25. The van der Waals surface area contributed by atoms with Crippen LogP contribution in [0.4, 0.5) is 18.9 Å². The van der Waals surface area contributed by atoms with E-state index in [1.807, 2.05) is 0 Å². The molecular weight excluding hydrogens is 397 g/mol. The van der Waals surface area contributed by atoms with E-state index in [2.05, 4.69) is 14.7 Å². The Balaban J connectivity index is 1.65. The lowest BCUT2D eigenvalue weighted by Gasteiger charge is -2.17. The first-order valence-electron chi connectivity index (χ1n) is 8.84. The Morgan fingerprint density at radius 1 is 1.03 bits per heavy atom. The van der Waals surface area contributed by atoms with Gasteiger partial charge < -0.3 is 9.64 Å². The van der Waals surface area contributed by atoms with Crippen LogP contribution in [0.2, 0.25) is 0 Å². The summed E-state index contributed by atoms with van der Waals surface area (Å²) in [5, 5.41) is 0. The van der Waals surface area contributed by atoms with Crippen LogP contribution in [-0.2, 0) is 0 Å². The number of imidazole rings is 1. The van der Waals surface area contributed by atoms with Gasteiger partial charge in [0.05, 0.1) is 18.1 Å². The molecule has 0 radical (unpaired) electrons. The summed E-state index contributed by atoms with van der Waals surface area (Å²) in [6.45, 7) is -2.90. The lowest BCUT2D eigenvalue weighted by Crippen LogP contribution is -2.27. The van der Waals surface area contributed by atoms with Crippen molar-refractivity contribution in [3.8, 4) is 17.0 Å². The molecule has 9 heteroatoms. The van der Waals surface area contributed by atoms with Crippen LogP contribution in [0.15, 0.2) is 67.1 Å². The maximum Gasteiger partial charge on any atom is 0.387 e. The van der Waals surface area contributed by atoms with Gasteiger partial charge in [0.1, 0.15) is 17.3 Å². The highest BCUT2D eigenvalue weighted by molar-refractivity contribution is 6.04. The van der Waals surface area contributed by atoms with E-state index in [9.17, 15) is 18.0 Å². The zero-order valence-electron chi connectivity index (χ0n) is 15.7. The molecule has 0 fully saturated rings. The number of hydrogen-bond donors (Lipinski definition) is 0. The molecule has 0 atom stereocenters. The molecule has 1 amide bonds. The number of halogens is 3. The lowest BCUT2D eigenvalue weighted by molar-refractivity contribution is -0.0498. The Morgan fingerprint density at radius 3 is 2.40 bits per heavy atom. The maximum absolute atomic E-state index is 13.1. The van der Waals surface area contributed by atoms with Crippen molar-refractivity contribution in [1.82, 2.24) is 14.4 Å². The van der Waals surface area contributed by atoms with Crippen molar-refractivity contribution in [2.75, 3.05) is 11.9 Å². The second-order valence-corrected chi connectivity index (χ2v) is 6.39. The number of aromatic nitrogens is 3. The number of benzene rings is 2. The van der Waals surface area contributed by atoms with Crippen LogP contribution in [0.1, 0.15) is 10.5 Å². The zero-order valence-corrected chi connectivity index (χ0v) is 15.7. The molecule has 2 heterocycles. The van der Waals surface area contributed by atoms with Crippen molar-refractivity contribution >= 4 is 17.2 Å². The van der Waals surface area contributed by atoms with Crippen LogP contribution in [0, 0.1) is 5.82 Å². The summed E-state index contributed by atoms with van der Waals surface area (Å²) in [6, 6.07) is 11.6. The van der Waals surface area contributed by atoms with E-state index in [0.717, 1.165) is 0 Å². The minimum atomic E-state index is -2.90. The van der Waals surface area contributed by atoms with Crippen LogP contribution < -0.4 is 9.64 Å². The summed E-state index contributed by atoms with van der Waals surface area (Å²) in [5.74, 6) is -0.739. The molecule has 0 saturated carbocycles. The Labute approximate surface area is 169 Å². The quantitative estimate of drug-likeness (QED) is 0.487. The minimum absolute atomic E-state index is 0.0426. The van der Waals surface area contributed by atoms with Crippen molar-refractivity contribution in [1.29, 1.82) is 0 Å². The highest BCUT2D eigenvalue weighted by Gasteiger charge is 2.17. The molecule has 0 saturated heterocycles. The van der Waals surface area contributed by atoms with Crippen molar-refractivity contribution in [2.45, 2.75) is 6.61 Å². The molecule has 0 bridgehead atoms. The molecule has 0 aliphatic rings. The molecule has 0 unspecified atom stereocenters. The number of amides is 1. The van der Waals surface area contributed by atoms with E-state index in [1.54, 1.807) is 36.0 Å². The monoisotopic (exact) mass is 412 g/mol. The van der Waals surface area contributed by atoms with Crippen LogP contribution in [0.3, 0.4) is 0 Å². The first-order chi connectivity index (χ1) is 14.4. The molecule has 152 valence electrons. The largest absolute Gasteiger partial charge is 0.435 e. The Kier molecular flexibility index (Phi) is 5.09. The van der Waals surface area contributed by atoms with Gasteiger partial charge in [-0.1, -0.05) is 0 Å². The van der Waals surface area contributed by atoms with Crippen LogP contribution in [0.5, 0.6) is 5.75 Å². The van der Waals surface area contributed by atoms with Crippen molar-refractivity contribution in [3.63, 3.8) is 0 Å². The fourth-order valence-corrected chi connectivity index (χ4v) is 2.97. The number of fused-ring (bicyclic) bond motifs is 1. The molecule has 6 nitrogen and oxygen atoms in total. The van der Waals surface area contributed by atoms with Gasteiger partial charge >= 0.3 is 6.61 Å². The van der Waals surface area contributed by atoms with Gasteiger partial charge in [0.25, 0.3) is 5.91 Å². The van der Waals surface area contributed by atoms with Gasteiger partial charge in [0, 0.05) is 24.5 Å². The summed E-state index contributed by atoms with van der Waals surface area (Å²) in [4.78, 5) is 22.6. The first-order valence-corrected chi connectivity index (χ1v) is 8.84. The molecule has 2 aromatic carbocycles. The number of carbonyl (C=O) groups is 1. The number of anilines is 1. The number of nitrogens with zero attached hydrogens (tertiary/aromatic N) is 4. The molecule has 0 aliphatic carbocycles. The summed E-state index contributed by atoms with van der Waals surface area (Å²) in [5.41, 5.74) is 2.53. The minimum Gasteiger partial charge on any atom is -0.435 e. The summed E-state index contributed by atoms with van der Waals surface area (Å²) in [7, 11) is 1.57. The van der Waals surface area contributed by atoms with Crippen LogP contribution in [0.25, 0.3) is 16.9 Å². The average Bonchev–Trinajstić information content (AvgIpc) is 3.16. The Bertz CT molecular complexity index is 1190. The third-order valence-corrected chi connectivity index (χ3v) is 4.51. The molecular formula is C21H15F3N4O2. The topological polar surface area (TPSA) is 59.7 Å². The fourth-order valence-electron chi connectivity index (χ4n) is 2.97. The molecule has 0 aliphatic heterocycles. The standard InChI is InChI=1S/C21H15F3N4O2/c1-27(15-6-4-14(22)5-7-15)20(29)17-12-28-18(10-26-19(28)11-25-17)13-2-8-16(9-3-13)30-21(23)24/h2-12,21H,1H3. The summed E-state index contributed by atoms with van der Waals surface area (Å²) in [6.07, 6.45) is 4.60. The zero-order chi connectivity index (χ0) is 21.3. The SMILES string of the molecule is CN(C(=O)c1cn2c(-c3ccc(OC(F)F)cc3)cnc2cn1)c1ccc(F)cc1. The lowest BCUT2D eigenvalue weighted by atomic mass is 10.1. The summed E-state index contributed by atoms with van der Waals surface area (Å²) >= 11 is 0. The smallest absolute Gasteiger partial charge is 0.387 e. The van der Waals surface area contributed by atoms with Crippen LogP contribution >= 0.6 is 0 Å². The van der Waals surface area contributed by atoms with E-state index in [4.69, 9.17) is 0 Å². The van der Waals surface area contributed by atoms with Gasteiger partial charge in [-0.2, -0.15) is 8.78 Å². The second-order valence-electron chi connectivity index (χ2n) is 6.39. The van der Waals surface area contributed by atoms with E-state index >= 15 is 0 Å². The predicted octanol–water partition coefficient (Wildman–Crippen LogP) is 4.41. The predicted molar refractivity (Wildman–Crippen MR) is 104 cm³/mol. The third kappa shape index (κ3) is 3.82. The van der Waals surface area contributed by atoms with Gasteiger partial charge in [-0.3, -0.25) is 9.20 Å². The number of alkyl halides is 2. The second kappa shape index (κ2) is 7.86. The summed E-state index contributed by atoms with van der Waals surface area (Å²) < 4.78 is 43.8. The Morgan fingerprint density at radius 2 is 1.73 bits per heavy atom. The Hall–Kier alpha value is -3.88. The molecule has 0 spiro atoms.